The maximum atomic E-state index is 14.8. The van der Waals surface area contributed by atoms with E-state index in [2.05, 4.69) is 21.3 Å². The predicted octanol–water partition coefficient (Wildman–Crippen LogP) is 1.90. The zero-order valence-electron chi connectivity index (χ0n) is 33.1. The number of amides is 7. The number of hydrogen-bond donors (Lipinski definition) is 5. The minimum Gasteiger partial charge on any atom is -0.458 e. The number of ether oxygens (including phenoxy) is 1. The lowest BCUT2D eigenvalue weighted by molar-refractivity contribution is -0.163. The van der Waals surface area contributed by atoms with Crippen LogP contribution in [0.3, 0.4) is 0 Å². The van der Waals surface area contributed by atoms with Crippen LogP contribution in [0, 0.1) is 12.8 Å². The van der Waals surface area contributed by atoms with Crippen molar-refractivity contribution < 1.29 is 43.4 Å². The van der Waals surface area contributed by atoms with Crippen molar-refractivity contribution in [2.45, 2.75) is 115 Å². The SMILES string of the molecule is Cc1cccc(C[C@H](NC(=O)Nc2ccc(Cl)cc2)C(=O)N[C@@H]2C(=O)N3C[C@H](O)C[C@H]3C(=O)N3CCCC[C@H]3C(=O)N[C@@H](C)C(=O)N3C[C@@H](C)C[C@H]3C(=O)O[C@H]2C)c1. The first-order valence-corrected chi connectivity index (χ1v) is 20.3. The first kappa shape index (κ1) is 42.4. The van der Waals surface area contributed by atoms with Crippen molar-refractivity contribution in [3.8, 4) is 0 Å². The Bertz CT molecular complexity index is 1910. The van der Waals surface area contributed by atoms with Gasteiger partial charge in [-0.25, -0.2) is 9.59 Å². The molecule has 5 N–H and O–H groups in total. The van der Waals surface area contributed by atoms with E-state index in [4.69, 9.17) is 16.3 Å². The Morgan fingerprint density at radius 2 is 1.62 bits per heavy atom. The summed E-state index contributed by atoms with van der Waals surface area (Å²) in [6.45, 7) is 6.90. The number of carbonyl (C=O) groups excluding carboxylic acids is 7. The van der Waals surface area contributed by atoms with Gasteiger partial charge in [-0.1, -0.05) is 48.4 Å². The smallest absolute Gasteiger partial charge is 0.329 e. The molecule has 0 saturated carbocycles. The van der Waals surface area contributed by atoms with E-state index in [0.29, 0.717) is 35.5 Å². The highest BCUT2D eigenvalue weighted by molar-refractivity contribution is 6.30. The number of fused-ring (bicyclic) bond motifs is 3. The molecule has 7 amide bonds. The minimum atomic E-state index is -1.60. The van der Waals surface area contributed by atoms with Crippen molar-refractivity contribution in [2.24, 2.45) is 5.92 Å². The predicted molar refractivity (Wildman–Crippen MR) is 212 cm³/mol. The molecule has 2 aromatic carbocycles. The van der Waals surface area contributed by atoms with Gasteiger partial charge in [-0.3, -0.25) is 24.0 Å². The number of carbonyl (C=O) groups is 7. The summed E-state index contributed by atoms with van der Waals surface area (Å²) in [5.74, 6) is -4.10. The Hall–Kier alpha value is -5.22. The highest BCUT2D eigenvalue weighted by atomic mass is 35.5. The number of aryl methyl sites for hydroxylation is 1. The van der Waals surface area contributed by atoms with Gasteiger partial charge >= 0.3 is 12.0 Å². The van der Waals surface area contributed by atoms with E-state index in [0.717, 1.165) is 5.56 Å². The third kappa shape index (κ3) is 9.72. The van der Waals surface area contributed by atoms with Gasteiger partial charge in [0.15, 0.2) is 0 Å². The first-order valence-electron chi connectivity index (χ1n) is 19.9. The third-order valence-electron chi connectivity index (χ3n) is 11.3. The van der Waals surface area contributed by atoms with Gasteiger partial charge in [0.2, 0.25) is 29.5 Å². The van der Waals surface area contributed by atoms with Gasteiger partial charge in [0.25, 0.3) is 0 Å². The molecule has 17 heteroatoms. The Labute approximate surface area is 342 Å². The van der Waals surface area contributed by atoms with Gasteiger partial charge in [0, 0.05) is 43.2 Å². The molecular weight excluding hydrogens is 770 g/mol. The van der Waals surface area contributed by atoms with Crippen LogP contribution in [0.1, 0.15) is 64.0 Å². The first-order chi connectivity index (χ1) is 27.6. The zero-order chi connectivity index (χ0) is 41.8. The van der Waals surface area contributed by atoms with Crippen LogP contribution in [0.25, 0.3) is 0 Å². The highest BCUT2D eigenvalue weighted by Gasteiger charge is 2.49. The van der Waals surface area contributed by atoms with Gasteiger partial charge in [0.1, 0.15) is 42.4 Å². The second-order valence-electron chi connectivity index (χ2n) is 16.0. The molecule has 2 aromatic rings. The van der Waals surface area contributed by atoms with Crippen LogP contribution >= 0.6 is 11.6 Å². The van der Waals surface area contributed by atoms with E-state index < -0.39 is 90.0 Å². The summed E-state index contributed by atoms with van der Waals surface area (Å²) in [5.41, 5.74) is 2.03. The molecule has 9 atom stereocenters. The number of halogens is 1. The van der Waals surface area contributed by atoms with Crippen LogP contribution in [-0.2, 0) is 39.9 Å². The maximum Gasteiger partial charge on any atom is 0.329 e. The second-order valence-corrected chi connectivity index (χ2v) is 16.4. The van der Waals surface area contributed by atoms with E-state index in [1.165, 1.54) is 28.5 Å². The van der Waals surface area contributed by atoms with E-state index in [-0.39, 0.29) is 44.8 Å². The Balaban J connectivity index is 1.34. The minimum absolute atomic E-state index is 0.00774. The lowest BCUT2D eigenvalue weighted by Crippen LogP contribution is -2.63. The molecule has 0 aromatic heterocycles. The molecule has 16 nitrogen and oxygen atoms in total. The standard InChI is InChI=1S/C41H52ClN7O9/c1-22-8-7-9-26(16-22)18-30(45-41(57)44-28-13-11-27(42)12-14-28)35(51)46-34-25(4)58-40(56)33-17-23(2)20-48(33)37(53)24(3)43-36(52)31-10-5-6-15-47(31)38(54)32-19-29(50)21-49(32)39(34)55/h7-9,11-14,16,23-25,29-34,50H,5-6,10,15,17-21H2,1-4H3,(H,43,52)(H,46,51)(H2,44,45,57)/t23-,24-,25-,29+,30-,31-,32-,33-,34-/m0/s1. The van der Waals surface area contributed by atoms with E-state index >= 15 is 0 Å². The molecule has 4 fully saturated rings. The molecule has 58 heavy (non-hydrogen) atoms. The van der Waals surface area contributed by atoms with Crippen LogP contribution in [0.4, 0.5) is 10.5 Å². The van der Waals surface area contributed by atoms with E-state index in [9.17, 15) is 38.7 Å². The van der Waals surface area contributed by atoms with Crippen molar-refractivity contribution in [1.82, 2.24) is 30.7 Å². The van der Waals surface area contributed by atoms with Crippen LogP contribution in [-0.4, -0.2) is 129 Å². The summed E-state index contributed by atoms with van der Waals surface area (Å²) < 4.78 is 5.92. The summed E-state index contributed by atoms with van der Waals surface area (Å²) in [4.78, 5) is 102. The van der Waals surface area contributed by atoms with Crippen molar-refractivity contribution in [3.05, 3.63) is 64.7 Å². The fourth-order valence-corrected chi connectivity index (χ4v) is 8.49. The van der Waals surface area contributed by atoms with E-state index in [1.54, 1.807) is 30.3 Å². The molecule has 0 unspecified atom stereocenters. The van der Waals surface area contributed by atoms with Crippen LogP contribution in [0.5, 0.6) is 0 Å². The third-order valence-corrected chi connectivity index (χ3v) is 11.6. The van der Waals surface area contributed by atoms with Crippen LogP contribution in [0.15, 0.2) is 48.5 Å². The van der Waals surface area contributed by atoms with Gasteiger partial charge in [0.05, 0.1) is 6.10 Å². The van der Waals surface area contributed by atoms with Crippen molar-refractivity contribution in [1.29, 1.82) is 0 Å². The molecular formula is C41H52ClN7O9. The number of esters is 1. The van der Waals surface area contributed by atoms with Gasteiger partial charge in [-0.05, 0) is 82.2 Å². The lowest BCUT2D eigenvalue weighted by atomic mass is 9.98. The number of rotatable bonds is 6. The second kappa shape index (κ2) is 18.1. The summed E-state index contributed by atoms with van der Waals surface area (Å²) in [5, 5.41) is 22.2. The van der Waals surface area contributed by atoms with Gasteiger partial charge < -0.3 is 45.8 Å². The number of nitrogens with one attached hydrogen (secondary N) is 4. The molecule has 4 heterocycles. The molecule has 4 aliphatic heterocycles. The molecule has 0 aliphatic carbocycles. The molecule has 0 spiro atoms. The summed E-state index contributed by atoms with van der Waals surface area (Å²) in [7, 11) is 0. The fraction of sp³-hybridized carbons (Fsp3) is 0.537. The monoisotopic (exact) mass is 821 g/mol. The van der Waals surface area contributed by atoms with Gasteiger partial charge in [-0.2, -0.15) is 0 Å². The number of aliphatic hydroxyl groups excluding tert-OH is 1. The molecule has 4 saturated heterocycles. The van der Waals surface area contributed by atoms with Crippen LogP contribution < -0.4 is 21.3 Å². The number of aliphatic hydroxyl groups is 1. The van der Waals surface area contributed by atoms with Crippen molar-refractivity contribution >= 4 is 58.8 Å². The quantitative estimate of drug-likeness (QED) is 0.270. The summed E-state index contributed by atoms with van der Waals surface area (Å²) in [6.07, 6.45) is -0.728. The summed E-state index contributed by atoms with van der Waals surface area (Å²) >= 11 is 6.01. The summed E-state index contributed by atoms with van der Waals surface area (Å²) in [6, 6.07) is 5.92. The number of nitrogens with zero attached hydrogens (tertiary/aromatic N) is 3. The topological polar surface area (TPSA) is 207 Å². The molecule has 312 valence electrons. The molecule has 4 aliphatic rings. The average molecular weight is 822 g/mol. The number of urea groups is 1. The Morgan fingerprint density at radius 3 is 2.34 bits per heavy atom. The molecule has 0 bridgehead atoms. The van der Waals surface area contributed by atoms with Gasteiger partial charge in [-0.15, -0.1) is 0 Å². The van der Waals surface area contributed by atoms with Crippen molar-refractivity contribution in [2.75, 3.05) is 25.0 Å². The molecule has 6 rings (SSSR count). The van der Waals surface area contributed by atoms with E-state index in [1.807, 2.05) is 32.0 Å². The number of anilines is 1. The Morgan fingerprint density at radius 1 is 0.897 bits per heavy atom. The largest absolute Gasteiger partial charge is 0.458 e. The Kier molecular flexibility index (Phi) is 13.3. The van der Waals surface area contributed by atoms with Crippen molar-refractivity contribution in [3.63, 3.8) is 0 Å². The maximum absolute atomic E-state index is 14.8. The van der Waals surface area contributed by atoms with Crippen LogP contribution in [0.2, 0.25) is 5.02 Å². The number of benzene rings is 2. The number of piperidine rings is 1. The number of cyclic esters (lactones) is 1. The average Bonchev–Trinajstić information content (AvgIpc) is 3.78. The normalized spacial score (nSPS) is 28.8. The lowest BCUT2D eigenvalue weighted by Gasteiger charge is -2.39. The fourth-order valence-electron chi connectivity index (χ4n) is 8.37. The highest BCUT2D eigenvalue weighted by Crippen LogP contribution is 2.29. The zero-order valence-corrected chi connectivity index (χ0v) is 33.9. The number of hydrogen-bond acceptors (Lipinski definition) is 9. The molecule has 0 radical (unpaired) electrons.